The van der Waals surface area contributed by atoms with E-state index in [4.69, 9.17) is 14.2 Å². The number of ketones is 1. The molecule has 0 atom stereocenters. The number of fused-ring (bicyclic) bond motifs is 1. The smallest absolute Gasteiger partial charge is 0.231 e. The summed E-state index contributed by atoms with van der Waals surface area (Å²) in [4.78, 5) is 12.6. The molecule has 0 saturated carbocycles. The molecule has 1 aliphatic rings. The first-order valence-electron chi connectivity index (χ1n) is 8.72. The van der Waals surface area contributed by atoms with Gasteiger partial charge in [0.25, 0.3) is 0 Å². The molecule has 0 fully saturated rings. The van der Waals surface area contributed by atoms with Crippen molar-refractivity contribution >= 4 is 11.9 Å². The summed E-state index contributed by atoms with van der Waals surface area (Å²) in [5, 5.41) is 0. The lowest BCUT2D eigenvalue weighted by atomic mass is 10.1. The molecule has 0 saturated heterocycles. The van der Waals surface area contributed by atoms with E-state index >= 15 is 0 Å². The fourth-order valence-electron chi connectivity index (χ4n) is 2.93. The van der Waals surface area contributed by atoms with Crippen LogP contribution in [0.15, 0.2) is 72.5 Å². The number of rotatable bonds is 5. The Morgan fingerprint density at radius 3 is 2.61 bits per heavy atom. The molecular weight excluding hydrogens is 359 g/mol. The van der Waals surface area contributed by atoms with E-state index in [1.54, 1.807) is 43.5 Å². The van der Waals surface area contributed by atoms with E-state index in [-0.39, 0.29) is 24.0 Å². The van der Waals surface area contributed by atoms with Gasteiger partial charge in [0, 0.05) is 11.6 Å². The van der Waals surface area contributed by atoms with Gasteiger partial charge in [-0.15, -0.1) is 0 Å². The third-order valence-corrected chi connectivity index (χ3v) is 4.39. The fraction of sp³-hybridized carbons (Fsp3) is 0.0870. The molecule has 0 N–H and O–H groups in total. The molecule has 0 bridgehead atoms. The maximum absolute atomic E-state index is 13.0. The van der Waals surface area contributed by atoms with Crippen LogP contribution in [0, 0.1) is 5.82 Å². The van der Waals surface area contributed by atoms with Crippen LogP contribution < -0.4 is 14.2 Å². The lowest BCUT2D eigenvalue weighted by molar-refractivity contribution is 0.101. The summed E-state index contributed by atoms with van der Waals surface area (Å²) >= 11 is 0. The maximum Gasteiger partial charge on any atom is 0.231 e. The minimum Gasteiger partial charge on any atom is -0.496 e. The number of Topliss-reactive ketones (excluding diaryl/α,β-unsaturated/α-hetero) is 1. The third kappa shape index (κ3) is 3.60. The summed E-state index contributed by atoms with van der Waals surface area (Å²) in [6.07, 6.45) is 1.67. The van der Waals surface area contributed by atoms with E-state index in [9.17, 15) is 9.18 Å². The Morgan fingerprint density at radius 1 is 1.04 bits per heavy atom. The molecule has 3 aromatic carbocycles. The van der Waals surface area contributed by atoms with E-state index in [1.165, 1.54) is 12.1 Å². The highest BCUT2D eigenvalue weighted by Gasteiger charge is 2.28. The zero-order valence-corrected chi connectivity index (χ0v) is 15.1. The molecule has 5 heteroatoms. The van der Waals surface area contributed by atoms with Crippen molar-refractivity contribution in [1.82, 2.24) is 0 Å². The number of ether oxygens (including phenoxy) is 3. The van der Waals surface area contributed by atoms with Crippen LogP contribution in [0.3, 0.4) is 0 Å². The molecule has 28 heavy (non-hydrogen) atoms. The maximum atomic E-state index is 13.0. The summed E-state index contributed by atoms with van der Waals surface area (Å²) in [6, 6.07) is 18.6. The summed E-state index contributed by atoms with van der Waals surface area (Å²) in [5.74, 6) is 1.42. The van der Waals surface area contributed by atoms with E-state index < -0.39 is 0 Å². The van der Waals surface area contributed by atoms with Crippen molar-refractivity contribution in [3.8, 4) is 17.2 Å². The zero-order valence-electron chi connectivity index (χ0n) is 15.1. The van der Waals surface area contributed by atoms with Crippen LogP contribution in [-0.4, -0.2) is 12.9 Å². The third-order valence-electron chi connectivity index (χ3n) is 4.39. The molecule has 0 amide bonds. The molecule has 0 radical (unpaired) electrons. The van der Waals surface area contributed by atoms with Gasteiger partial charge in [-0.05, 0) is 42.0 Å². The number of benzene rings is 3. The Hall–Kier alpha value is -3.60. The number of allylic oxidation sites excluding steroid dienone is 1. The van der Waals surface area contributed by atoms with Gasteiger partial charge in [-0.1, -0.05) is 30.3 Å². The first kappa shape index (κ1) is 17.8. The van der Waals surface area contributed by atoms with Gasteiger partial charge in [-0.3, -0.25) is 4.79 Å². The van der Waals surface area contributed by atoms with Crippen molar-refractivity contribution in [2.45, 2.75) is 6.61 Å². The zero-order chi connectivity index (χ0) is 19.5. The Balaban J connectivity index is 1.52. The van der Waals surface area contributed by atoms with Gasteiger partial charge < -0.3 is 14.2 Å². The van der Waals surface area contributed by atoms with Crippen molar-refractivity contribution in [3.05, 3.63) is 95.0 Å². The molecule has 4 rings (SSSR count). The van der Waals surface area contributed by atoms with E-state index in [0.717, 1.165) is 11.1 Å². The molecule has 0 unspecified atom stereocenters. The Morgan fingerprint density at radius 2 is 1.82 bits per heavy atom. The molecular formula is C23H17FO4. The predicted molar refractivity (Wildman–Crippen MR) is 103 cm³/mol. The van der Waals surface area contributed by atoms with Crippen molar-refractivity contribution < 1.29 is 23.4 Å². The van der Waals surface area contributed by atoms with Crippen LogP contribution in [0.25, 0.3) is 6.08 Å². The number of halogens is 1. The quantitative estimate of drug-likeness (QED) is 0.586. The summed E-state index contributed by atoms with van der Waals surface area (Å²) in [5.41, 5.74) is 2.08. The second kappa shape index (κ2) is 7.56. The molecule has 1 aliphatic heterocycles. The van der Waals surface area contributed by atoms with Gasteiger partial charge >= 0.3 is 0 Å². The first-order valence-corrected chi connectivity index (χ1v) is 8.72. The average Bonchev–Trinajstić information content (AvgIpc) is 3.03. The second-order valence-corrected chi connectivity index (χ2v) is 6.25. The van der Waals surface area contributed by atoms with Crippen LogP contribution in [0.1, 0.15) is 21.5 Å². The topological polar surface area (TPSA) is 44.8 Å². The number of carbonyl (C=O) groups is 1. The molecule has 0 aliphatic carbocycles. The number of hydrogen-bond acceptors (Lipinski definition) is 4. The monoisotopic (exact) mass is 376 g/mol. The summed E-state index contributed by atoms with van der Waals surface area (Å²) < 4.78 is 29.8. The molecule has 4 nitrogen and oxygen atoms in total. The second-order valence-electron chi connectivity index (χ2n) is 6.25. The normalized spacial score (nSPS) is 13.9. The van der Waals surface area contributed by atoms with Crippen molar-refractivity contribution in [3.63, 3.8) is 0 Å². The standard InChI is InChI=1S/C23H17FO4/c1-26-20-5-3-2-4-16(20)12-22-23(25)19-11-10-18(13-21(19)28-22)27-14-15-6-8-17(24)9-7-15/h2-13H,14H2,1H3/b22-12-. The van der Waals surface area contributed by atoms with Gasteiger partial charge in [-0.25, -0.2) is 4.39 Å². The Labute approximate surface area is 161 Å². The number of para-hydroxylation sites is 1. The SMILES string of the molecule is COc1ccccc1/C=C1\Oc2cc(OCc3ccc(F)cc3)ccc2C1=O. The molecule has 1 heterocycles. The minimum absolute atomic E-state index is 0.189. The minimum atomic E-state index is -0.289. The predicted octanol–water partition coefficient (Wildman–Crippen LogP) is 5.03. The Bertz CT molecular complexity index is 1050. The van der Waals surface area contributed by atoms with Crippen LogP contribution in [0.5, 0.6) is 17.2 Å². The lowest BCUT2D eigenvalue weighted by Crippen LogP contribution is -1.98. The molecule has 0 aromatic heterocycles. The largest absolute Gasteiger partial charge is 0.496 e. The highest BCUT2D eigenvalue weighted by Crippen LogP contribution is 2.35. The number of methoxy groups -OCH3 is 1. The summed E-state index contributed by atoms with van der Waals surface area (Å²) in [7, 11) is 1.58. The first-order chi connectivity index (χ1) is 13.6. The van der Waals surface area contributed by atoms with Gasteiger partial charge in [0.15, 0.2) is 5.76 Å². The van der Waals surface area contributed by atoms with Crippen LogP contribution in [0.2, 0.25) is 0 Å². The number of carbonyl (C=O) groups excluding carboxylic acids is 1. The van der Waals surface area contributed by atoms with Crippen molar-refractivity contribution in [2.24, 2.45) is 0 Å². The summed E-state index contributed by atoms with van der Waals surface area (Å²) in [6.45, 7) is 0.289. The molecule has 0 spiro atoms. The fourth-order valence-corrected chi connectivity index (χ4v) is 2.93. The molecule has 3 aromatic rings. The van der Waals surface area contributed by atoms with Gasteiger partial charge in [0.05, 0.1) is 12.7 Å². The van der Waals surface area contributed by atoms with E-state index in [1.807, 2.05) is 24.3 Å². The number of hydrogen-bond donors (Lipinski definition) is 0. The van der Waals surface area contributed by atoms with Crippen LogP contribution in [-0.2, 0) is 6.61 Å². The van der Waals surface area contributed by atoms with Crippen LogP contribution >= 0.6 is 0 Å². The van der Waals surface area contributed by atoms with Crippen molar-refractivity contribution in [2.75, 3.05) is 7.11 Å². The lowest BCUT2D eigenvalue weighted by Gasteiger charge is -2.07. The molecule has 140 valence electrons. The van der Waals surface area contributed by atoms with Crippen molar-refractivity contribution in [1.29, 1.82) is 0 Å². The Kier molecular flexibility index (Phi) is 4.81. The highest BCUT2D eigenvalue weighted by molar-refractivity contribution is 6.14. The average molecular weight is 376 g/mol. The van der Waals surface area contributed by atoms with Gasteiger partial charge in [0.2, 0.25) is 5.78 Å². The van der Waals surface area contributed by atoms with Gasteiger partial charge in [0.1, 0.15) is 29.7 Å². The highest BCUT2D eigenvalue weighted by atomic mass is 19.1. The van der Waals surface area contributed by atoms with E-state index in [0.29, 0.717) is 22.8 Å². The van der Waals surface area contributed by atoms with E-state index in [2.05, 4.69) is 0 Å². The van der Waals surface area contributed by atoms with Gasteiger partial charge in [-0.2, -0.15) is 0 Å². The van der Waals surface area contributed by atoms with Crippen LogP contribution in [0.4, 0.5) is 4.39 Å².